The van der Waals surface area contributed by atoms with Crippen LogP contribution in [0.1, 0.15) is 65.7 Å². The van der Waals surface area contributed by atoms with Crippen LogP contribution in [-0.2, 0) is 9.31 Å². The predicted molar refractivity (Wildman–Crippen MR) is 84.7 cm³/mol. The second-order valence-electron chi connectivity index (χ2n) is 8.81. The molecule has 4 saturated carbocycles. The summed E-state index contributed by atoms with van der Waals surface area (Å²) in [6.07, 6.45) is 9.27. The van der Waals surface area contributed by atoms with E-state index >= 15 is 0 Å². The largest absolute Gasteiger partial charge is 0.475 e. The van der Waals surface area contributed by atoms with Gasteiger partial charge in [0.25, 0.3) is 0 Å². The lowest BCUT2D eigenvalue weighted by Gasteiger charge is -2.64. The maximum Gasteiger partial charge on any atom is 0.475 e. The smallest absolute Gasteiger partial charge is 0.404 e. The molecule has 0 aromatic rings. The topological polar surface area (TPSA) is 44.5 Å². The van der Waals surface area contributed by atoms with Crippen LogP contribution in [0.3, 0.4) is 0 Å². The molecule has 3 nitrogen and oxygen atoms in total. The van der Waals surface area contributed by atoms with E-state index in [1.54, 1.807) is 0 Å². The van der Waals surface area contributed by atoms with Crippen LogP contribution in [0, 0.1) is 23.2 Å². The number of nitrogens with two attached hydrogens (primary N) is 1. The zero-order valence-corrected chi connectivity index (χ0v) is 13.8. The highest BCUT2D eigenvalue weighted by Gasteiger charge is 2.68. The molecule has 1 aliphatic heterocycles. The van der Waals surface area contributed by atoms with E-state index in [-0.39, 0.29) is 24.8 Å². The minimum Gasteiger partial charge on any atom is -0.404 e. The molecule has 0 aromatic heterocycles. The first-order chi connectivity index (χ1) is 9.93. The summed E-state index contributed by atoms with van der Waals surface area (Å²) in [5.74, 6) is 2.11. The van der Waals surface area contributed by atoms with E-state index in [1.807, 2.05) is 0 Å². The molecule has 0 spiro atoms. The maximum atomic E-state index is 6.54. The molecule has 2 bridgehead atoms. The van der Waals surface area contributed by atoms with Gasteiger partial charge >= 0.3 is 7.12 Å². The lowest BCUT2D eigenvalue weighted by molar-refractivity contribution is -0.199. The highest BCUT2D eigenvalue weighted by Crippen LogP contribution is 2.65. The van der Waals surface area contributed by atoms with E-state index < -0.39 is 0 Å². The monoisotopic (exact) mass is 291 g/mol. The van der Waals surface area contributed by atoms with Crippen molar-refractivity contribution >= 4 is 7.12 Å². The summed E-state index contributed by atoms with van der Waals surface area (Å²) in [6.45, 7) is 7.10. The van der Waals surface area contributed by atoms with Crippen LogP contribution >= 0.6 is 0 Å². The molecule has 5 rings (SSSR count). The average Bonchev–Trinajstić information content (AvgIpc) is 2.84. The molecule has 5 fully saturated rings. The number of rotatable bonds is 2. The minimum atomic E-state index is -0.168. The number of hydrogen-bond donors (Lipinski definition) is 1. The van der Waals surface area contributed by atoms with E-state index in [0.717, 1.165) is 12.3 Å². The van der Waals surface area contributed by atoms with Crippen LogP contribution in [0.25, 0.3) is 0 Å². The fourth-order valence-electron chi connectivity index (χ4n) is 5.80. The first kappa shape index (κ1) is 14.5. The van der Waals surface area contributed by atoms with Crippen molar-refractivity contribution in [1.29, 1.82) is 0 Å². The van der Waals surface area contributed by atoms with Gasteiger partial charge in [-0.1, -0.05) is 33.1 Å². The van der Waals surface area contributed by atoms with Crippen LogP contribution in [0.4, 0.5) is 0 Å². The third kappa shape index (κ3) is 1.98. The van der Waals surface area contributed by atoms with Crippen LogP contribution in [0.2, 0.25) is 0 Å². The first-order valence-corrected chi connectivity index (χ1v) is 9.02. The van der Waals surface area contributed by atoms with Crippen LogP contribution in [-0.4, -0.2) is 24.8 Å². The van der Waals surface area contributed by atoms with Crippen molar-refractivity contribution in [3.8, 4) is 0 Å². The summed E-state index contributed by atoms with van der Waals surface area (Å²) in [7, 11) is -0.168. The Morgan fingerprint density at radius 1 is 1.10 bits per heavy atom. The fourth-order valence-corrected chi connectivity index (χ4v) is 5.80. The molecular formula is C17H30BNO2. The molecule has 1 heterocycles. The number of hydrogen-bond acceptors (Lipinski definition) is 3. The summed E-state index contributed by atoms with van der Waals surface area (Å²) in [5.41, 5.74) is 6.86. The third-order valence-corrected chi connectivity index (χ3v) is 7.48. The molecule has 4 aliphatic carbocycles. The predicted octanol–water partition coefficient (Wildman–Crippen LogP) is 3.16. The first-order valence-electron chi connectivity index (χ1n) is 9.02. The zero-order valence-electron chi connectivity index (χ0n) is 13.8. The second-order valence-corrected chi connectivity index (χ2v) is 8.81. The van der Waals surface area contributed by atoms with Crippen molar-refractivity contribution in [2.24, 2.45) is 28.9 Å². The van der Waals surface area contributed by atoms with Crippen molar-refractivity contribution in [1.82, 2.24) is 0 Å². The standard InChI is InChI=1S/C17H30BNO2/c1-16(2)12-9-13(16)17(3)14(10-12)20-18(21-17)15(19)11-7-5-4-6-8-11/h11-15H,4-10,19H2,1-3H3/t12-,13-,14+,15-,17-/m0/s1. The Hall–Kier alpha value is -0.0551. The van der Waals surface area contributed by atoms with Gasteiger partial charge in [-0.3, -0.25) is 0 Å². The van der Waals surface area contributed by atoms with Crippen molar-refractivity contribution in [2.45, 2.75) is 83.4 Å². The van der Waals surface area contributed by atoms with Crippen molar-refractivity contribution in [2.75, 3.05) is 0 Å². The van der Waals surface area contributed by atoms with Gasteiger partial charge in [-0.15, -0.1) is 0 Å². The van der Waals surface area contributed by atoms with Gasteiger partial charge in [-0.2, -0.15) is 0 Å². The minimum absolute atomic E-state index is 0.0630. The molecule has 2 N–H and O–H groups in total. The Balaban J connectivity index is 1.49. The Kier molecular flexibility index (Phi) is 3.27. The molecule has 0 amide bonds. The van der Waals surface area contributed by atoms with Gasteiger partial charge in [-0.05, 0) is 55.8 Å². The van der Waals surface area contributed by atoms with E-state index in [4.69, 9.17) is 15.0 Å². The lowest BCUT2D eigenvalue weighted by Crippen LogP contribution is -2.65. The quantitative estimate of drug-likeness (QED) is 0.795. The van der Waals surface area contributed by atoms with Crippen molar-refractivity contribution < 1.29 is 9.31 Å². The molecule has 0 radical (unpaired) electrons. The summed E-state index contributed by atoms with van der Waals surface area (Å²) in [5, 5.41) is 0. The zero-order chi connectivity index (χ0) is 14.8. The Morgan fingerprint density at radius 2 is 1.81 bits per heavy atom. The van der Waals surface area contributed by atoms with Gasteiger partial charge in [0, 0.05) is 5.94 Å². The average molecular weight is 291 g/mol. The van der Waals surface area contributed by atoms with Crippen molar-refractivity contribution in [3.63, 3.8) is 0 Å². The summed E-state index contributed by atoms with van der Waals surface area (Å²) >= 11 is 0. The van der Waals surface area contributed by atoms with E-state index in [1.165, 1.54) is 38.5 Å². The van der Waals surface area contributed by atoms with E-state index in [9.17, 15) is 0 Å². The van der Waals surface area contributed by atoms with Gasteiger partial charge < -0.3 is 15.0 Å². The highest BCUT2D eigenvalue weighted by atomic mass is 16.7. The van der Waals surface area contributed by atoms with Gasteiger partial charge in [-0.25, -0.2) is 0 Å². The summed E-state index contributed by atoms with van der Waals surface area (Å²) in [6, 6.07) is 0. The molecule has 0 aromatic carbocycles. The molecule has 5 atom stereocenters. The maximum absolute atomic E-state index is 6.54. The Bertz CT molecular complexity index is 423. The van der Waals surface area contributed by atoms with Gasteiger partial charge in [0.05, 0.1) is 11.7 Å². The van der Waals surface area contributed by atoms with E-state index in [2.05, 4.69) is 20.8 Å². The fraction of sp³-hybridized carbons (Fsp3) is 1.00. The molecule has 5 aliphatic rings. The van der Waals surface area contributed by atoms with Crippen LogP contribution in [0.15, 0.2) is 0 Å². The van der Waals surface area contributed by atoms with Gasteiger partial charge in [0.15, 0.2) is 0 Å². The normalized spacial score (nSPS) is 46.9. The molecule has 1 saturated heterocycles. The summed E-state index contributed by atoms with van der Waals surface area (Å²) < 4.78 is 12.8. The van der Waals surface area contributed by atoms with Crippen LogP contribution < -0.4 is 5.73 Å². The lowest BCUT2D eigenvalue weighted by atomic mass is 9.43. The van der Waals surface area contributed by atoms with Crippen molar-refractivity contribution in [3.05, 3.63) is 0 Å². The molecular weight excluding hydrogens is 261 g/mol. The Morgan fingerprint density at radius 3 is 2.48 bits per heavy atom. The highest BCUT2D eigenvalue weighted by molar-refractivity contribution is 6.47. The van der Waals surface area contributed by atoms with Crippen LogP contribution in [0.5, 0.6) is 0 Å². The SMILES string of the molecule is CC1(C)[C@@H]2C[C@H]3OB([C@@H](N)C4CCCCC4)O[C@@]3(C)[C@H]1C2. The summed E-state index contributed by atoms with van der Waals surface area (Å²) in [4.78, 5) is 0. The van der Waals surface area contributed by atoms with Gasteiger partial charge in [0.2, 0.25) is 0 Å². The molecule has 0 unspecified atom stereocenters. The molecule has 118 valence electrons. The van der Waals surface area contributed by atoms with E-state index in [0.29, 0.717) is 17.3 Å². The third-order valence-electron chi connectivity index (χ3n) is 7.48. The molecule has 4 heteroatoms. The van der Waals surface area contributed by atoms with Gasteiger partial charge in [0.1, 0.15) is 0 Å². The second kappa shape index (κ2) is 4.72. The Labute approximate surface area is 129 Å². The molecule has 21 heavy (non-hydrogen) atoms.